The SMILES string of the molecule is NNC(=O)C(c1ccccc1)N1CCCC1C1CCCC1. The molecule has 1 heterocycles. The van der Waals surface area contributed by atoms with Crippen LogP contribution in [0, 0.1) is 5.92 Å². The minimum absolute atomic E-state index is 0.0916. The predicted octanol–water partition coefficient (Wildman–Crippen LogP) is 2.37. The van der Waals surface area contributed by atoms with Crippen LogP contribution in [-0.2, 0) is 4.79 Å². The summed E-state index contributed by atoms with van der Waals surface area (Å²) in [7, 11) is 0. The quantitative estimate of drug-likeness (QED) is 0.508. The lowest BCUT2D eigenvalue weighted by Gasteiger charge is -2.35. The molecule has 3 N–H and O–H groups in total. The molecule has 1 amide bonds. The average Bonchev–Trinajstić information content (AvgIpc) is 3.19. The van der Waals surface area contributed by atoms with E-state index in [2.05, 4.69) is 10.3 Å². The van der Waals surface area contributed by atoms with E-state index in [0.717, 1.165) is 18.0 Å². The van der Waals surface area contributed by atoms with Crippen molar-refractivity contribution in [3.05, 3.63) is 35.9 Å². The van der Waals surface area contributed by atoms with Crippen molar-refractivity contribution >= 4 is 5.91 Å². The van der Waals surface area contributed by atoms with Crippen LogP contribution in [0.4, 0.5) is 0 Å². The summed E-state index contributed by atoms with van der Waals surface area (Å²) in [5.74, 6) is 6.11. The number of nitrogens with one attached hydrogen (secondary N) is 1. The van der Waals surface area contributed by atoms with Crippen molar-refractivity contribution in [1.82, 2.24) is 10.3 Å². The van der Waals surface area contributed by atoms with Crippen LogP contribution in [0.1, 0.15) is 50.1 Å². The van der Waals surface area contributed by atoms with Gasteiger partial charge in [0.05, 0.1) is 0 Å². The molecular weight excluding hydrogens is 262 g/mol. The van der Waals surface area contributed by atoms with Gasteiger partial charge in [0.1, 0.15) is 6.04 Å². The monoisotopic (exact) mass is 287 g/mol. The Labute approximate surface area is 126 Å². The van der Waals surface area contributed by atoms with E-state index in [1.54, 1.807) is 0 Å². The topological polar surface area (TPSA) is 58.4 Å². The number of nitrogens with zero attached hydrogens (tertiary/aromatic N) is 1. The largest absolute Gasteiger partial charge is 0.293 e. The van der Waals surface area contributed by atoms with E-state index >= 15 is 0 Å². The smallest absolute Gasteiger partial charge is 0.255 e. The van der Waals surface area contributed by atoms with Crippen molar-refractivity contribution in [3.63, 3.8) is 0 Å². The molecular formula is C17H25N3O. The molecule has 4 nitrogen and oxygen atoms in total. The van der Waals surface area contributed by atoms with Gasteiger partial charge in [-0.25, -0.2) is 5.84 Å². The zero-order chi connectivity index (χ0) is 14.7. The fraction of sp³-hybridized carbons (Fsp3) is 0.588. The van der Waals surface area contributed by atoms with Gasteiger partial charge in [-0.2, -0.15) is 0 Å². The fourth-order valence-electron chi connectivity index (χ4n) is 4.19. The lowest BCUT2D eigenvalue weighted by atomic mass is 9.93. The number of hydrogen-bond donors (Lipinski definition) is 2. The Morgan fingerprint density at radius 2 is 1.86 bits per heavy atom. The maximum absolute atomic E-state index is 12.4. The Kier molecular flexibility index (Phi) is 4.56. The zero-order valence-electron chi connectivity index (χ0n) is 12.5. The third kappa shape index (κ3) is 2.97. The van der Waals surface area contributed by atoms with Crippen molar-refractivity contribution in [3.8, 4) is 0 Å². The van der Waals surface area contributed by atoms with Gasteiger partial charge in [0.25, 0.3) is 5.91 Å². The van der Waals surface area contributed by atoms with Crippen LogP contribution in [0.3, 0.4) is 0 Å². The van der Waals surface area contributed by atoms with Crippen molar-refractivity contribution in [2.45, 2.75) is 50.6 Å². The maximum Gasteiger partial charge on any atom is 0.255 e. The normalized spacial score (nSPS) is 25.1. The van der Waals surface area contributed by atoms with Crippen LogP contribution in [0.25, 0.3) is 0 Å². The van der Waals surface area contributed by atoms with E-state index in [1.807, 2.05) is 30.3 Å². The van der Waals surface area contributed by atoms with Gasteiger partial charge in [-0.05, 0) is 43.7 Å². The van der Waals surface area contributed by atoms with Gasteiger partial charge in [0, 0.05) is 6.04 Å². The molecule has 114 valence electrons. The van der Waals surface area contributed by atoms with E-state index in [9.17, 15) is 4.79 Å². The maximum atomic E-state index is 12.4. The Bertz CT molecular complexity index is 470. The van der Waals surface area contributed by atoms with E-state index < -0.39 is 0 Å². The summed E-state index contributed by atoms with van der Waals surface area (Å²) >= 11 is 0. The molecule has 1 aliphatic carbocycles. The van der Waals surface area contributed by atoms with Crippen molar-refractivity contribution in [2.75, 3.05) is 6.54 Å². The Balaban J connectivity index is 1.86. The summed E-state index contributed by atoms with van der Waals surface area (Å²) in [5, 5.41) is 0. The van der Waals surface area contributed by atoms with Crippen LogP contribution < -0.4 is 11.3 Å². The van der Waals surface area contributed by atoms with E-state index in [1.165, 1.54) is 38.5 Å². The van der Waals surface area contributed by atoms with Crippen molar-refractivity contribution in [2.24, 2.45) is 11.8 Å². The molecule has 2 aliphatic rings. The molecule has 0 spiro atoms. The summed E-state index contributed by atoms with van der Waals surface area (Å²) in [6, 6.07) is 10.3. The molecule has 21 heavy (non-hydrogen) atoms. The third-order valence-corrected chi connectivity index (χ3v) is 5.12. The van der Waals surface area contributed by atoms with Gasteiger partial charge in [-0.1, -0.05) is 43.2 Å². The highest BCUT2D eigenvalue weighted by atomic mass is 16.2. The molecule has 0 bridgehead atoms. The molecule has 2 fully saturated rings. The minimum Gasteiger partial charge on any atom is -0.293 e. The molecule has 2 unspecified atom stereocenters. The number of amides is 1. The van der Waals surface area contributed by atoms with Gasteiger partial charge < -0.3 is 0 Å². The highest BCUT2D eigenvalue weighted by Gasteiger charge is 2.39. The highest BCUT2D eigenvalue weighted by Crippen LogP contribution is 2.39. The second-order valence-corrected chi connectivity index (χ2v) is 6.31. The molecule has 1 aromatic carbocycles. The number of nitrogens with two attached hydrogens (primary N) is 1. The van der Waals surface area contributed by atoms with E-state index in [4.69, 9.17) is 5.84 Å². The fourth-order valence-corrected chi connectivity index (χ4v) is 4.19. The number of benzene rings is 1. The van der Waals surface area contributed by atoms with Crippen molar-refractivity contribution < 1.29 is 4.79 Å². The highest BCUT2D eigenvalue weighted by molar-refractivity contribution is 5.82. The minimum atomic E-state index is -0.246. The zero-order valence-corrected chi connectivity index (χ0v) is 12.5. The Morgan fingerprint density at radius 1 is 1.14 bits per heavy atom. The summed E-state index contributed by atoms with van der Waals surface area (Å²) < 4.78 is 0. The summed E-state index contributed by atoms with van der Waals surface area (Å²) in [6.07, 6.45) is 7.70. The lowest BCUT2D eigenvalue weighted by molar-refractivity contribution is -0.127. The molecule has 0 radical (unpaired) electrons. The first kappa shape index (κ1) is 14.5. The molecule has 3 rings (SSSR count). The van der Waals surface area contributed by atoms with Crippen LogP contribution in [-0.4, -0.2) is 23.4 Å². The van der Waals surface area contributed by atoms with E-state index in [0.29, 0.717) is 6.04 Å². The second-order valence-electron chi connectivity index (χ2n) is 6.31. The molecule has 0 aromatic heterocycles. The molecule has 4 heteroatoms. The van der Waals surface area contributed by atoms with Gasteiger partial charge in [0.2, 0.25) is 0 Å². The van der Waals surface area contributed by atoms with Crippen LogP contribution in [0.15, 0.2) is 30.3 Å². The summed E-state index contributed by atoms with van der Waals surface area (Å²) in [5.41, 5.74) is 3.42. The molecule has 2 atom stereocenters. The Morgan fingerprint density at radius 3 is 2.52 bits per heavy atom. The van der Waals surface area contributed by atoms with E-state index in [-0.39, 0.29) is 11.9 Å². The second kappa shape index (κ2) is 6.58. The third-order valence-electron chi connectivity index (χ3n) is 5.12. The molecule has 1 aromatic rings. The number of hydrogen-bond acceptors (Lipinski definition) is 3. The number of rotatable bonds is 4. The number of carbonyl (C=O) groups excluding carboxylic acids is 1. The van der Waals surface area contributed by atoms with Crippen LogP contribution >= 0.6 is 0 Å². The summed E-state index contributed by atoms with van der Waals surface area (Å²) in [4.78, 5) is 14.8. The summed E-state index contributed by atoms with van der Waals surface area (Å²) in [6.45, 7) is 0.994. The van der Waals surface area contributed by atoms with Gasteiger partial charge in [0.15, 0.2) is 0 Å². The van der Waals surface area contributed by atoms with Crippen LogP contribution in [0.5, 0.6) is 0 Å². The number of hydrazine groups is 1. The first-order chi connectivity index (χ1) is 10.3. The predicted molar refractivity (Wildman–Crippen MR) is 83.2 cm³/mol. The van der Waals surface area contributed by atoms with Gasteiger partial charge in [-0.15, -0.1) is 0 Å². The molecule has 1 aliphatic heterocycles. The molecule has 1 saturated carbocycles. The van der Waals surface area contributed by atoms with Crippen molar-refractivity contribution in [1.29, 1.82) is 0 Å². The molecule has 1 saturated heterocycles. The standard InChI is InChI=1S/C17H25N3O/c18-19-17(21)16(14-9-2-1-3-10-14)20-12-6-11-15(20)13-7-4-5-8-13/h1-3,9-10,13,15-16H,4-8,11-12,18H2,(H,19,21). The average molecular weight is 287 g/mol. The van der Waals surface area contributed by atoms with Gasteiger partial charge in [-0.3, -0.25) is 15.1 Å². The number of likely N-dealkylation sites (tertiary alicyclic amines) is 1. The lowest BCUT2D eigenvalue weighted by Crippen LogP contribution is -2.46. The van der Waals surface area contributed by atoms with Crippen LogP contribution in [0.2, 0.25) is 0 Å². The Hall–Kier alpha value is -1.39. The first-order valence-corrected chi connectivity index (χ1v) is 8.12. The number of carbonyl (C=O) groups is 1. The first-order valence-electron chi connectivity index (χ1n) is 8.12. The van der Waals surface area contributed by atoms with Gasteiger partial charge >= 0.3 is 0 Å².